The maximum Gasteiger partial charge on any atom is 0.0949 e. The molecule has 2 N–H and O–H groups in total. The molecular formula is C14H15N5. The first-order chi connectivity index (χ1) is 9.29. The average molecular weight is 253 g/mol. The smallest absolute Gasteiger partial charge is 0.0949 e. The number of nitrogen functional groups attached to an aromatic ring is 1. The van der Waals surface area contributed by atoms with Crippen LogP contribution >= 0.6 is 0 Å². The second kappa shape index (κ2) is 4.97. The molecule has 0 spiro atoms. The van der Waals surface area contributed by atoms with E-state index >= 15 is 0 Å². The van der Waals surface area contributed by atoms with Crippen molar-refractivity contribution in [3.05, 3.63) is 66.8 Å². The molecule has 0 aliphatic rings. The zero-order valence-corrected chi connectivity index (χ0v) is 10.5. The molecule has 1 aromatic carbocycles. The topological polar surface area (TPSA) is 61.7 Å². The van der Waals surface area contributed by atoms with Gasteiger partial charge in [-0.15, -0.1) is 0 Å². The molecule has 0 saturated heterocycles. The van der Waals surface area contributed by atoms with E-state index in [1.807, 2.05) is 33.7 Å². The van der Waals surface area contributed by atoms with Crippen LogP contribution in [0.2, 0.25) is 0 Å². The van der Waals surface area contributed by atoms with E-state index in [4.69, 9.17) is 5.73 Å². The number of benzene rings is 1. The lowest BCUT2D eigenvalue weighted by atomic mass is 10.1. The summed E-state index contributed by atoms with van der Waals surface area (Å²) in [6.45, 7) is 1.56. The van der Waals surface area contributed by atoms with Gasteiger partial charge in [-0.2, -0.15) is 0 Å². The van der Waals surface area contributed by atoms with Gasteiger partial charge in [-0.25, -0.2) is 9.97 Å². The van der Waals surface area contributed by atoms with Crippen molar-refractivity contribution in [2.45, 2.75) is 13.1 Å². The number of imidazole rings is 2. The predicted molar refractivity (Wildman–Crippen MR) is 73.5 cm³/mol. The first kappa shape index (κ1) is 11.5. The third kappa shape index (κ3) is 2.82. The van der Waals surface area contributed by atoms with Crippen molar-refractivity contribution in [2.75, 3.05) is 5.73 Å². The Hall–Kier alpha value is -2.56. The van der Waals surface area contributed by atoms with Crippen molar-refractivity contribution in [1.82, 2.24) is 19.1 Å². The van der Waals surface area contributed by atoms with E-state index in [-0.39, 0.29) is 0 Å². The third-order valence-electron chi connectivity index (χ3n) is 2.92. The number of nitrogens with zero attached hydrogens (tertiary/aromatic N) is 4. The Morgan fingerprint density at radius 1 is 0.842 bits per heavy atom. The van der Waals surface area contributed by atoms with E-state index in [0.29, 0.717) is 0 Å². The van der Waals surface area contributed by atoms with Gasteiger partial charge in [0.15, 0.2) is 0 Å². The van der Waals surface area contributed by atoms with Crippen molar-refractivity contribution in [2.24, 2.45) is 0 Å². The minimum absolute atomic E-state index is 0.780. The third-order valence-corrected chi connectivity index (χ3v) is 2.92. The molecule has 0 saturated carbocycles. The average Bonchev–Trinajstić information content (AvgIpc) is 3.01. The van der Waals surface area contributed by atoms with Gasteiger partial charge >= 0.3 is 0 Å². The minimum Gasteiger partial charge on any atom is -0.399 e. The summed E-state index contributed by atoms with van der Waals surface area (Å²) in [5.41, 5.74) is 9.10. The first-order valence-corrected chi connectivity index (χ1v) is 6.09. The maximum atomic E-state index is 5.97. The molecule has 2 heterocycles. The van der Waals surface area contributed by atoms with Crippen molar-refractivity contribution in [3.63, 3.8) is 0 Å². The predicted octanol–water partition coefficient (Wildman–Crippen LogP) is 1.76. The molecule has 19 heavy (non-hydrogen) atoms. The summed E-state index contributed by atoms with van der Waals surface area (Å²) >= 11 is 0. The van der Waals surface area contributed by atoms with Crippen LogP contribution in [0.1, 0.15) is 11.1 Å². The van der Waals surface area contributed by atoms with Gasteiger partial charge in [0.25, 0.3) is 0 Å². The fraction of sp³-hybridized carbons (Fsp3) is 0.143. The highest BCUT2D eigenvalue weighted by Gasteiger charge is 2.01. The quantitative estimate of drug-likeness (QED) is 0.721. The summed E-state index contributed by atoms with van der Waals surface area (Å²) < 4.78 is 4.05. The Labute approximate surface area is 111 Å². The van der Waals surface area contributed by atoms with Gasteiger partial charge in [0.05, 0.1) is 12.7 Å². The number of hydrogen-bond acceptors (Lipinski definition) is 3. The molecule has 3 rings (SSSR count). The second-order valence-corrected chi connectivity index (χ2v) is 4.55. The highest BCUT2D eigenvalue weighted by atomic mass is 15.0. The normalized spacial score (nSPS) is 10.7. The second-order valence-electron chi connectivity index (χ2n) is 4.55. The lowest BCUT2D eigenvalue weighted by Crippen LogP contribution is -2.02. The van der Waals surface area contributed by atoms with E-state index in [9.17, 15) is 0 Å². The summed E-state index contributed by atoms with van der Waals surface area (Å²) in [5.74, 6) is 0. The molecule has 2 aromatic heterocycles. The van der Waals surface area contributed by atoms with Gasteiger partial charge < -0.3 is 14.9 Å². The Morgan fingerprint density at radius 3 is 1.79 bits per heavy atom. The molecule has 0 aliphatic carbocycles. The molecule has 0 unspecified atom stereocenters. The Bertz CT molecular complexity index is 586. The summed E-state index contributed by atoms with van der Waals surface area (Å²) in [7, 11) is 0. The summed E-state index contributed by atoms with van der Waals surface area (Å²) in [6.07, 6.45) is 11.0. The van der Waals surface area contributed by atoms with E-state index < -0.39 is 0 Å². The fourth-order valence-corrected chi connectivity index (χ4v) is 2.16. The molecule has 0 amide bonds. The number of rotatable bonds is 4. The zero-order valence-electron chi connectivity index (χ0n) is 10.5. The van der Waals surface area contributed by atoms with Crippen molar-refractivity contribution < 1.29 is 0 Å². The summed E-state index contributed by atoms with van der Waals surface area (Å²) in [6, 6.07) is 6.16. The molecule has 5 heteroatoms. The van der Waals surface area contributed by atoms with Crippen LogP contribution in [-0.4, -0.2) is 19.1 Å². The van der Waals surface area contributed by atoms with Crippen LogP contribution in [0.3, 0.4) is 0 Å². The van der Waals surface area contributed by atoms with Crippen molar-refractivity contribution >= 4 is 5.69 Å². The van der Waals surface area contributed by atoms with Gasteiger partial charge in [0, 0.05) is 43.6 Å². The first-order valence-electron chi connectivity index (χ1n) is 6.09. The number of anilines is 1. The van der Waals surface area contributed by atoms with Crippen molar-refractivity contribution in [1.29, 1.82) is 0 Å². The molecule has 3 aromatic rings. The standard InChI is InChI=1S/C14H15N5/c15-14-6-12(8-18-3-1-16-10-18)5-13(7-14)9-19-4-2-17-11-19/h1-7,10-11H,8-9,15H2. The van der Waals surface area contributed by atoms with Crippen LogP contribution in [-0.2, 0) is 13.1 Å². The molecule has 0 fully saturated rings. The molecule has 0 bridgehead atoms. The largest absolute Gasteiger partial charge is 0.399 e. The molecule has 96 valence electrons. The number of nitrogens with two attached hydrogens (primary N) is 1. The summed E-state index contributed by atoms with van der Waals surface area (Å²) in [4.78, 5) is 8.09. The highest BCUT2D eigenvalue weighted by Crippen LogP contribution is 2.14. The highest BCUT2D eigenvalue weighted by molar-refractivity contribution is 5.45. The van der Waals surface area contributed by atoms with Gasteiger partial charge in [0.2, 0.25) is 0 Å². The molecule has 5 nitrogen and oxygen atoms in total. The van der Waals surface area contributed by atoms with Crippen LogP contribution in [0.25, 0.3) is 0 Å². The lowest BCUT2D eigenvalue weighted by molar-refractivity contribution is 0.778. The van der Waals surface area contributed by atoms with Crippen LogP contribution in [0.5, 0.6) is 0 Å². The van der Waals surface area contributed by atoms with Crippen molar-refractivity contribution in [3.8, 4) is 0 Å². The van der Waals surface area contributed by atoms with E-state index in [0.717, 1.165) is 18.8 Å². The van der Waals surface area contributed by atoms with Gasteiger partial charge in [-0.3, -0.25) is 0 Å². The minimum atomic E-state index is 0.780. The molecule has 0 atom stereocenters. The summed E-state index contributed by atoms with van der Waals surface area (Å²) in [5, 5.41) is 0. The Kier molecular flexibility index (Phi) is 3.02. The Balaban J connectivity index is 1.83. The lowest BCUT2D eigenvalue weighted by Gasteiger charge is -2.09. The van der Waals surface area contributed by atoms with Crippen LogP contribution < -0.4 is 5.73 Å². The Morgan fingerprint density at radius 2 is 1.37 bits per heavy atom. The van der Waals surface area contributed by atoms with Gasteiger partial charge in [-0.1, -0.05) is 6.07 Å². The SMILES string of the molecule is Nc1cc(Cn2ccnc2)cc(Cn2ccnc2)c1. The van der Waals surface area contributed by atoms with E-state index in [2.05, 4.69) is 16.0 Å². The zero-order chi connectivity index (χ0) is 13.1. The fourth-order valence-electron chi connectivity index (χ4n) is 2.16. The molecule has 0 aliphatic heterocycles. The van der Waals surface area contributed by atoms with Crippen LogP contribution in [0.15, 0.2) is 55.6 Å². The van der Waals surface area contributed by atoms with Gasteiger partial charge in [0.1, 0.15) is 0 Å². The maximum absolute atomic E-state index is 5.97. The van der Waals surface area contributed by atoms with E-state index in [1.54, 1.807) is 25.0 Å². The molecule has 0 radical (unpaired) electrons. The van der Waals surface area contributed by atoms with E-state index in [1.165, 1.54) is 11.1 Å². The molecular weight excluding hydrogens is 238 g/mol. The number of aromatic nitrogens is 4. The van der Waals surface area contributed by atoms with Crippen LogP contribution in [0.4, 0.5) is 5.69 Å². The number of hydrogen-bond donors (Lipinski definition) is 1. The van der Waals surface area contributed by atoms with Gasteiger partial charge in [-0.05, 0) is 23.3 Å². The van der Waals surface area contributed by atoms with Crippen LogP contribution in [0, 0.1) is 0 Å². The monoisotopic (exact) mass is 253 g/mol.